The normalized spacial score (nSPS) is 11.8. The third kappa shape index (κ3) is 11.9. The fourth-order valence-corrected chi connectivity index (χ4v) is 22.2. The maximum Gasteiger partial charge on any atom is 1.00 e. The first-order chi connectivity index (χ1) is 23.8. The molecule has 0 aromatic heterocycles. The van der Waals surface area contributed by atoms with E-state index < -0.39 is 15.8 Å². The largest absolute Gasteiger partial charge is 1.00 e. The molecule has 0 fully saturated rings. The van der Waals surface area contributed by atoms with Crippen LogP contribution in [0.3, 0.4) is 0 Å². The van der Waals surface area contributed by atoms with Crippen molar-refractivity contribution in [2.75, 3.05) is 5.90 Å². The van der Waals surface area contributed by atoms with Crippen molar-refractivity contribution in [3.8, 4) is 11.8 Å². The molecule has 0 amide bonds. The molecule has 53 heavy (non-hydrogen) atoms. The minimum Gasteiger partial charge on any atom is -0.366 e. The molecule has 6 rings (SSSR count). The topological polar surface area (TPSA) is 0 Å². The van der Waals surface area contributed by atoms with E-state index in [-0.39, 0.29) is 44.8 Å². The van der Waals surface area contributed by atoms with Crippen LogP contribution in [0.4, 0.5) is 0 Å². The number of hydrogen-bond acceptors (Lipinski definition) is 0. The zero-order valence-electron chi connectivity index (χ0n) is 33.7. The van der Waals surface area contributed by atoms with E-state index in [0.717, 1.165) is 54.2 Å². The van der Waals surface area contributed by atoms with E-state index >= 15 is 0 Å². The Bertz CT molecular complexity index is 1910. The maximum atomic E-state index is 7.46. The minimum absolute atomic E-state index is 0. The quantitative estimate of drug-likeness (QED) is 0.0534. The fraction of sp³-hybridized carbons (Fsp3) is 0.347. The van der Waals surface area contributed by atoms with Crippen molar-refractivity contribution >= 4 is 58.9 Å². The summed E-state index contributed by atoms with van der Waals surface area (Å²) < 4.78 is 0. The monoisotopic (exact) mass is 922 g/mol. The number of benzene rings is 6. The minimum atomic E-state index is -0.394. The van der Waals surface area contributed by atoms with Crippen molar-refractivity contribution in [1.82, 2.24) is 0 Å². The molecule has 0 N–H and O–H groups in total. The van der Waals surface area contributed by atoms with Gasteiger partial charge in [0.15, 0.2) is 5.90 Å². The average Bonchev–Trinajstić information content (AvgIpc) is 3.04. The van der Waals surface area contributed by atoms with Crippen LogP contribution in [0, 0.1) is 24.7 Å². The van der Waals surface area contributed by atoms with Crippen LogP contribution >= 0.6 is 15.8 Å². The summed E-state index contributed by atoms with van der Waals surface area (Å²) in [5.74, 6) is 6.65. The molecule has 0 saturated carbocycles. The molecular weight excluding hydrogens is 866 g/mol. The summed E-state index contributed by atoms with van der Waals surface area (Å²) in [5, 5.41) is 11.0. The summed E-state index contributed by atoms with van der Waals surface area (Å²) in [6.45, 7) is 29.6. The van der Waals surface area contributed by atoms with Gasteiger partial charge in [-0.15, -0.1) is 11.1 Å². The predicted octanol–water partition coefficient (Wildman–Crippen LogP) is 14.4. The van der Waals surface area contributed by atoms with E-state index in [9.17, 15) is 0 Å². The van der Waals surface area contributed by atoms with Crippen molar-refractivity contribution in [2.45, 2.75) is 104 Å². The van der Waals surface area contributed by atoms with E-state index in [0.29, 0.717) is 20.6 Å². The Morgan fingerprint density at radius 3 is 0.792 bits per heavy atom. The molecule has 0 aliphatic heterocycles. The fourth-order valence-electron chi connectivity index (χ4n) is 7.78. The summed E-state index contributed by atoms with van der Waals surface area (Å²) in [6, 6.07) is 36.8. The second kappa shape index (κ2) is 19.1. The van der Waals surface area contributed by atoms with Crippen molar-refractivity contribution < 1.29 is 44.8 Å². The van der Waals surface area contributed by atoms with Crippen LogP contribution in [0.1, 0.15) is 94.2 Å². The molecule has 0 nitrogen and oxygen atoms in total. The van der Waals surface area contributed by atoms with Gasteiger partial charge in [0.2, 0.25) is 0 Å². The van der Waals surface area contributed by atoms with E-state index in [4.69, 9.17) is 12.8 Å². The van der Waals surface area contributed by atoms with Gasteiger partial charge in [0.25, 0.3) is 0 Å². The van der Waals surface area contributed by atoms with E-state index in [2.05, 4.69) is 131 Å². The van der Waals surface area contributed by atoms with Gasteiger partial charge in [0.05, 0.1) is 20.6 Å². The third-order valence-electron chi connectivity index (χ3n) is 9.77. The Hall–Kier alpha value is -2.18. The van der Waals surface area contributed by atoms with E-state index in [1.165, 1.54) is 5.90 Å². The van der Waals surface area contributed by atoms with Gasteiger partial charge in [-0.1, -0.05) is 119 Å². The smallest absolute Gasteiger partial charge is 0.366 e. The van der Waals surface area contributed by atoms with Gasteiger partial charge in [-0.3, -0.25) is 11.8 Å². The zero-order chi connectivity index (χ0) is 37.8. The first-order valence-electron chi connectivity index (χ1n) is 18.2. The van der Waals surface area contributed by atoms with Crippen molar-refractivity contribution in [3.05, 3.63) is 133 Å². The maximum absolute atomic E-state index is 7.46. The average molecular weight is 925 g/mol. The van der Waals surface area contributed by atoms with Crippen LogP contribution in [0.2, 0.25) is 0 Å². The van der Waals surface area contributed by atoms with Gasteiger partial charge in [-0.05, 0) is 117 Å². The van der Waals surface area contributed by atoms with Gasteiger partial charge in [-0.25, -0.2) is 0 Å². The summed E-state index contributed by atoms with van der Waals surface area (Å²) in [5.41, 5.74) is 1.77. The molecule has 0 unspecified atom stereocenters. The van der Waals surface area contributed by atoms with Crippen LogP contribution in [-0.2, 0) is 44.8 Å². The molecule has 6 aromatic carbocycles. The number of fused-ring (bicyclic) bond motifs is 4. The molecule has 4 heteroatoms. The van der Waals surface area contributed by atoms with Gasteiger partial charge in [0, 0.05) is 15.8 Å². The van der Waals surface area contributed by atoms with Gasteiger partial charge < -0.3 is 12.8 Å². The Balaban J connectivity index is 0.000000270. The van der Waals surface area contributed by atoms with Crippen LogP contribution in [0.5, 0.6) is 0 Å². The Labute approximate surface area is 355 Å². The summed E-state index contributed by atoms with van der Waals surface area (Å²) in [4.78, 5) is 0. The Kier molecular flexibility index (Phi) is 16.9. The molecular formula is C49H58Ag2P2+2. The molecule has 0 radical (unpaired) electrons. The molecule has 0 heterocycles. The predicted molar refractivity (Wildman–Crippen MR) is 236 cm³/mol. The summed E-state index contributed by atoms with van der Waals surface area (Å²) >= 11 is 0. The molecule has 0 atom stereocenters. The second-order valence-electron chi connectivity index (χ2n) is 17.8. The summed E-state index contributed by atoms with van der Waals surface area (Å²) in [7, 11) is -0.788. The molecule has 0 aliphatic rings. The van der Waals surface area contributed by atoms with Crippen LogP contribution in [0.15, 0.2) is 109 Å². The first kappa shape index (κ1) is 47.0. The second-order valence-corrected chi connectivity index (χ2v) is 27.1. The molecule has 284 valence electrons. The van der Waals surface area contributed by atoms with Gasteiger partial charge >= 0.3 is 44.8 Å². The van der Waals surface area contributed by atoms with E-state index in [1.807, 2.05) is 72.8 Å². The van der Waals surface area contributed by atoms with Gasteiger partial charge in [-0.2, -0.15) is 0 Å². The zero-order valence-corrected chi connectivity index (χ0v) is 38.7. The van der Waals surface area contributed by atoms with Gasteiger partial charge in [0.1, 0.15) is 0 Å². The van der Waals surface area contributed by atoms with Crippen LogP contribution in [-0.4, -0.2) is 26.5 Å². The van der Waals surface area contributed by atoms with Crippen LogP contribution in [0.25, 0.3) is 43.1 Å². The molecule has 0 bridgehead atoms. The SMILES string of the molecule is CC(C)(C)[PH+](C[PH+](C(C)(C)C)C(C)(C)C)C(C)(C)C.[Ag+].[Ag+].[C-]#Cc1c2ccccc2cc2ccccc12.[C-]#Cc1c2ccccc2cc2ccccc12. The Morgan fingerprint density at radius 1 is 0.396 bits per heavy atom. The van der Waals surface area contributed by atoms with E-state index in [1.54, 1.807) is 0 Å². The van der Waals surface area contributed by atoms with Crippen LogP contribution < -0.4 is 0 Å². The molecule has 0 aliphatic carbocycles. The van der Waals surface area contributed by atoms with Crippen molar-refractivity contribution in [1.29, 1.82) is 0 Å². The number of rotatable bonds is 2. The first-order valence-corrected chi connectivity index (χ1v) is 21.6. The summed E-state index contributed by atoms with van der Waals surface area (Å²) in [6.07, 6.45) is 14.9. The third-order valence-corrected chi connectivity index (χ3v) is 19.8. The van der Waals surface area contributed by atoms with Crippen molar-refractivity contribution in [3.63, 3.8) is 0 Å². The molecule has 0 saturated heterocycles. The molecule has 0 spiro atoms. The number of hydrogen-bond donors (Lipinski definition) is 0. The van der Waals surface area contributed by atoms with Crippen molar-refractivity contribution in [2.24, 2.45) is 0 Å². The Morgan fingerprint density at radius 2 is 0.604 bits per heavy atom. The standard InChI is InChI=1S/C17H38P2.2C16H9.2Ag/c1-14(2,3)18(15(4,5)6)13-19(16(7,8)9)17(10,11)12;2*1-2-14-15-9-5-3-7-12(15)11-13-8-4-6-10-16(13)14;;/h13H2,1-12H3;2*3-11H;;/q;2*-1;2*+1/p+2. The molecule has 6 aromatic rings.